The molecule has 9 heteroatoms. The standard InChI is InChI=1S/C26H35N3O6/c1-31-26-25(34-18-21-13-7-3-8-14-21)23(30)24(33-17-20-11-5-2-6-12-20)22(35-26)19-32-16-10-4-9-15-28-29-27/h2-3,5-8,11-14,22-26,30H,4,9-10,15-19H2,1H3/t22-,23+,24-,25-,26-/m1/s1. The first-order valence-corrected chi connectivity index (χ1v) is 12.0. The van der Waals surface area contributed by atoms with E-state index in [9.17, 15) is 5.11 Å². The Hall–Kier alpha value is -2.49. The highest BCUT2D eigenvalue weighted by Gasteiger charge is 2.47. The first-order valence-electron chi connectivity index (χ1n) is 12.0. The molecule has 35 heavy (non-hydrogen) atoms. The zero-order chi connectivity index (χ0) is 24.7. The molecule has 0 aliphatic carbocycles. The van der Waals surface area contributed by atoms with Crippen LogP contribution in [0.2, 0.25) is 0 Å². The van der Waals surface area contributed by atoms with Crippen molar-refractivity contribution in [2.75, 3.05) is 26.9 Å². The average molecular weight is 486 g/mol. The van der Waals surface area contributed by atoms with Crippen molar-refractivity contribution >= 4 is 0 Å². The minimum atomic E-state index is -0.974. The van der Waals surface area contributed by atoms with Gasteiger partial charge in [0, 0.05) is 25.2 Å². The van der Waals surface area contributed by atoms with Crippen molar-refractivity contribution in [3.8, 4) is 0 Å². The Balaban J connectivity index is 1.60. The molecule has 3 rings (SSSR count). The Morgan fingerprint density at radius 3 is 2.14 bits per heavy atom. The number of ether oxygens (including phenoxy) is 5. The minimum absolute atomic E-state index is 0.248. The number of unbranched alkanes of at least 4 members (excludes halogenated alkanes) is 2. The number of hydrogen-bond donors (Lipinski definition) is 1. The number of rotatable bonds is 15. The van der Waals surface area contributed by atoms with E-state index < -0.39 is 30.7 Å². The number of benzene rings is 2. The molecule has 2 aromatic carbocycles. The van der Waals surface area contributed by atoms with Gasteiger partial charge in [-0.3, -0.25) is 0 Å². The van der Waals surface area contributed by atoms with Crippen LogP contribution in [0.15, 0.2) is 65.8 Å². The maximum absolute atomic E-state index is 11.3. The Labute approximate surface area is 206 Å². The Kier molecular flexibility index (Phi) is 12.0. The lowest BCUT2D eigenvalue weighted by atomic mass is 9.98. The third kappa shape index (κ3) is 8.91. The van der Waals surface area contributed by atoms with Crippen LogP contribution in [0.5, 0.6) is 0 Å². The first kappa shape index (κ1) is 27.1. The predicted octanol–water partition coefficient (Wildman–Crippen LogP) is 4.39. The molecule has 190 valence electrons. The minimum Gasteiger partial charge on any atom is -0.387 e. The van der Waals surface area contributed by atoms with E-state index in [-0.39, 0.29) is 6.61 Å². The van der Waals surface area contributed by atoms with Gasteiger partial charge in [-0.05, 0) is 29.5 Å². The van der Waals surface area contributed by atoms with Crippen LogP contribution in [0.25, 0.3) is 10.4 Å². The summed E-state index contributed by atoms with van der Waals surface area (Å²) in [6.45, 7) is 1.91. The first-order chi connectivity index (χ1) is 17.2. The van der Waals surface area contributed by atoms with Crippen LogP contribution in [-0.4, -0.2) is 62.7 Å². The summed E-state index contributed by atoms with van der Waals surface area (Å²) in [7, 11) is 1.53. The zero-order valence-electron chi connectivity index (χ0n) is 20.1. The fourth-order valence-corrected chi connectivity index (χ4v) is 3.94. The summed E-state index contributed by atoms with van der Waals surface area (Å²) >= 11 is 0. The van der Waals surface area contributed by atoms with Crippen molar-refractivity contribution in [1.29, 1.82) is 0 Å². The van der Waals surface area contributed by atoms with Gasteiger partial charge in [-0.2, -0.15) is 0 Å². The summed E-state index contributed by atoms with van der Waals surface area (Å²) in [6.07, 6.45) is -1.09. The number of azide groups is 1. The highest BCUT2D eigenvalue weighted by atomic mass is 16.7. The van der Waals surface area contributed by atoms with Crippen molar-refractivity contribution in [3.63, 3.8) is 0 Å². The molecule has 1 heterocycles. The number of hydrogen-bond acceptors (Lipinski definition) is 7. The smallest absolute Gasteiger partial charge is 0.186 e. The maximum atomic E-state index is 11.3. The maximum Gasteiger partial charge on any atom is 0.186 e. The second kappa shape index (κ2) is 15.5. The number of aliphatic hydroxyl groups is 1. The molecule has 0 radical (unpaired) electrons. The van der Waals surface area contributed by atoms with Crippen LogP contribution < -0.4 is 0 Å². The van der Waals surface area contributed by atoms with Crippen molar-refractivity contribution in [2.45, 2.75) is 63.2 Å². The van der Waals surface area contributed by atoms with E-state index in [2.05, 4.69) is 10.0 Å². The van der Waals surface area contributed by atoms with Gasteiger partial charge in [-0.1, -0.05) is 72.2 Å². The molecule has 1 saturated heterocycles. The molecule has 0 spiro atoms. The van der Waals surface area contributed by atoms with Crippen molar-refractivity contribution in [1.82, 2.24) is 0 Å². The quantitative estimate of drug-likeness (QED) is 0.173. The fourth-order valence-electron chi connectivity index (χ4n) is 3.94. The molecule has 0 unspecified atom stereocenters. The van der Waals surface area contributed by atoms with E-state index in [1.165, 1.54) is 7.11 Å². The monoisotopic (exact) mass is 485 g/mol. The molecule has 1 aliphatic rings. The highest BCUT2D eigenvalue weighted by Crippen LogP contribution is 2.28. The van der Waals surface area contributed by atoms with Crippen molar-refractivity contribution in [3.05, 3.63) is 82.2 Å². The second-order valence-corrected chi connectivity index (χ2v) is 8.38. The van der Waals surface area contributed by atoms with Gasteiger partial charge in [0.2, 0.25) is 0 Å². The molecule has 1 aliphatic heterocycles. The Morgan fingerprint density at radius 1 is 0.914 bits per heavy atom. The largest absolute Gasteiger partial charge is 0.387 e. The normalized spacial score (nSPS) is 24.1. The second-order valence-electron chi connectivity index (χ2n) is 8.38. The molecule has 0 saturated carbocycles. The lowest BCUT2D eigenvalue weighted by Crippen LogP contribution is -2.60. The summed E-state index contributed by atoms with van der Waals surface area (Å²) < 4.78 is 29.7. The summed E-state index contributed by atoms with van der Waals surface area (Å²) in [5, 5.41) is 14.8. The van der Waals surface area contributed by atoms with Crippen LogP contribution >= 0.6 is 0 Å². The molecule has 2 aromatic rings. The third-order valence-corrected chi connectivity index (χ3v) is 5.81. The van der Waals surface area contributed by atoms with Crippen LogP contribution in [0, 0.1) is 0 Å². The number of methoxy groups -OCH3 is 1. The van der Waals surface area contributed by atoms with E-state index in [0.29, 0.717) is 26.4 Å². The topological polar surface area (TPSA) is 115 Å². The van der Waals surface area contributed by atoms with Gasteiger partial charge in [-0.25, -0.2) is 0 Å². The molecule has 0 amide bonds. The third-order valence-electron chi connectivity index (χ3n) is 5.81. The Morgan fingerprint density at radius 2 is 1.54 bits per heavy atom. The van der Waals surface area contributed by atoms with Gasteiger partial charge in [0.05, 0.1) is 19.8 Å². The van der Waals surface area contributed by atoms with E-state index >= 15 is 0 Å². The highest BCUT2D eigenvalue weighted by molar-refractivity contribution is 5.14. The summed E-state index contributed by atoms with van der Waals surface area (Å²) in [6, 6.07) is 19.5. The van der Waals surface area contributed by atoms with Crippen LogP contribution in [-0.2, 0) is 36.9 Å². The SMILES string of the molecule is CO[C@@H]1O[C@H](COCCCCCN=[N+]=[N-])[C@@H](OCc2ccccc2)[C@H](O)[C@H]1OCc1ccccc1. The fraction of sp³-hybridized carbons (Fsp3) is 0.538. The van der Waals surface area contributed by atoms with Gasteiger partial charge < -0.3 is 28.8 Å². The molecule has 0 aromatic heterocycles. The van der Waals surface area contributed by atoms with Gasteiger partial charge in [0.1, 0.15) is 24.4 Å². The summed E-state index contributed by atoms with van der Waals surface area (Å²) in [4.78, 5) is 2.75. The molecule has 5 atom stereocenters. The molecule has 9 nitrogen and oxygen atoms in total. The van der Waals surface area contributed by atoms with Crippen LogP contribution in [0.4, 0.5) is 0 Å². The van der Waals surface area contributed by atoms with E-state index in [0.717, 1.165) is 30.4 Å². The molecular formula is C26H35N3O6. The van der Waals surface area contributed by atoms with Crippen molar-refractivity contribution in [2.24, 2.45) is 5.11 Å². The van der Waals surface area contributed by atoms with E-state index in [1.54, 1.807) is 0 Å². The average Bonchev–Trinajstić information content (AvgIpc) is 2.90. The van der Waals surface area contributed by atoms with Crippen molar-refractivity contribution < 1.29 is 28.8 Å². The van der Waals surface area contributed by atoms with Gasteiger partial charge in [0.25, 0.3) is 0 Å². The summed E-state index contributed by atoms with van der Waals surface area (Å²) in [5.41, 5.74) is 10.3. The van der Waals surface area contributed by atoms with Crippen LogP contribution in [0.3, 0.4) is 0 Å². The van der Waals surface area contributed by atoms with Gasteiger partial charge >= 0.3 is 0 Å². The lowest BCUT2D eigenvalue weighted by molar-refractivity contribution is -0.314. The zero-order valence-corrected chi connectivity index (χ0v) is 20.1. The molecule has 1 N–H and O–H groups in total. The number of nitrogens with zero attached hydrogens (tertiary/aromatic N) is 3. The van der Waals surface area contributed by atoms with E-state index in [4.69, 9.17) is 29.2 Å². The van der Waals surface area contributed by atoms with E-state index in [1.807, 2.05) is 60.7 Å². The number of aliphatic hydroxyl groups excluding tert-OH is 1. The summed E-state index contributed by atoms with van der Waals surface area (Å²) in [5.74, 6) is 0. The molecule has 0 bridgehead atoms. The van der Waals surface area contributed by atoms with Gasteiger partial charge in [-0.15, -0.1) is 0 Å². The van der Waals surface area contributed by atoms with Crippen LogP contribution in [0.1, 0.15) is 30.4 Å². The molecular weight excluding hydrogens is 450 g/mol. The molecule has 1 fully saturated rings. The van der Waals surface area contributed by atoms with Gasteiger partial charge in [0.15, 0.2) is 6.29 Å². The Bertz CT molecular complexity index is 881. The predicted molar refractivity (Wildman–Crippen MR) is 130 cm³/mol. The lowest BCUT2D eigenvalue weighted by Gasteiger charge is -2.43.